The summed E-state index contributed by atoms with van der Waals surface area (Å²) >= 11 is 12.2. The number of rotatable bonds is 6. The lowest BCUT2D eigenvalue weighted by Crippen LogP contribution is -2.29. The molecular formula is C28H25ClN4O3S. The van der Waals surface area contributed by atoms with Crippen LogP contribution in [0, 0.1) is 6.92 Å². The third kappa shape index (κ3) is 4.77. The summed E-state index contributed by atoms with van der Waals surface area (Å²) in [6.45, 7) is 3.42. The van der Waals surface area contributed by atoms with Gasteiger partial charge in [-0.1, -0.05) is 29.8 Å². The molecule has 0 unspecified atom stereocenters. The second-order valence-corrected chi connectivity index (χ2v) is 9.47. The van der Waals surface area contributed by atoms with Crippen molar-refractivity contribution >= 4 is 46.2 Å². The Morgan fingerprint density at radius 2 is 2.00 bits per heavy atom. The number of methoxy groups -OCH3 is 1. The van der Waals surface area contributed by atoms with Crippen molar-refractivity contribution in [3.05, 3.63) is 95.0 Å². The number of benzene rings is 2. The maximum Gasteiger partial charge on any atom is 0.221 e. The van der Waals surface area contributed by atoms with Crippen LogP contribution in [0.2, 0.25) is 5.02 Å². The fourth-order valence-electron chi connectivity index (χ4n) is 4.59. The van der Waals surface area contributed by atoms with Gasteiger partial charge in [-0.25, -0.2) is 0 Å². The van der Waals surface area contributed by atoms with E-state index in [2.05, 4.69) is 15.6 Å². The number of nitrogens with one attached hydrogen (secondary N) is 2. The molecule has 4 aromatic rings. The van der Waals surface area contributed by atoms with E-state index in [9.17, 15) is 4.79 Å². The first-order chi connectivity index (χ1) is 17.9. The van der Waals surface area contributed by atoms with Crippen LogP contribution in [0.4, 0.5) is 11.4 Å². The molecule has 5 rings (SSSR count). The molecule has 3 heterocycles. The van der Waals surface area contributed by atoms with Crippen LogP contribution in [0.1, 0.15) is 36.0 Å². The molecule has 37 heavy (non-hydrogen) atoms. The molecule has 0 bridgehead atoms. The Kier molecular flexibility index (Phi) is 6.86. The summed E-state index contributed by atoms with van der Waals surface area (Å²) < 4.78 is 11.9. The van der Waals surface area contributed by atoms with Crippen LogP contribution in [0.15, 0.2) is 77.3 Å². The molecule has 7 nitrogen and oxygen atoms in total. The third-order valence-electron chi connectivity index (χ3n) is 6.32. The number of hydrogen-bond donors (Lipinski definition) is 2. The molecule has 0 saturated carbocycles. The van der Waals surface area contributed by atoms with Crippen LogP contribution < -0.4 is 20.3 Å². The Bertz CT molecular complexity index is 1470. The average molecular weight is 533 g/mol. The van der Waals surface area contributed by atoms with E-state index in [0.717, 1.165) is 22.5 Å². The molecular weight excluding hydrogens is 508 g/mol. The number of nitrogens with zero attached hydrogens (tertiary/aromatic N) is 2. The summed E-state index contributed by atoms with van der Waals surface area (Å²) in [5, 5.41) is 7.44. The first kappa shape index (κ1) is 24.8. The number of carbonyl (C=O) groups is 1. The molecule has 188 valence electrons. The molecule has 1 aliphatic rings. The van der Waals surface area contributed by atoms with Crippen LogP contribution in [-0.2, 0) is 4.79 Å². The molecule has 0 spiro atoms. The highest BCUT2D eigenvalue weighted by molar-refractivity contribution is 7.80. The van der Waals surface area contributed by atoms with Gasteiger partial charge in [-0.2, -0.15) is 0 Å². The smallest absolute Gasteiger partial charge is 0.221 e. The number of carbonyl (C=O) groups excluding carboxylic acids is 1. The van der Waals surface area contributed by atoms with Crippen molar-refractivity contribution in [1.82, 2.24) is 10.3 Å². The number of halogens is 1. The van der Waals surface area contributed by atoms with Crippen molar-refractivity contribution in [2.45, 2.75) is 25.9 Å². The van der Waals surface area contributed by atoms with Gasteiger partial charge in [0.05, 0.1) is 24.5 Å². The fourth-order valence-corrected chi connectivity index (χ4v) is 5.11. The van der Waals surface area contributed by atoms with Gasteiger partial charge in [0.1, 0.15) is 23.3 Å². The van der Waals surface area contributed by atoms with Gasteiger partial charge in [0.15, 0.2) is 5.11 Å². The van der Waals surface area contributed by atoms with Gasteiger partial charge >= 0.3 is 0 Å². The van der Waals surface area contributed by atoms with Gasteiger partial charge in [0.2, 0.25) is 5.91 Å². The molecule has 0 radical (unpaired) electrons. The van der Waals surface area contributed by atoms with Gasteiger partial charge in [-0.3, -0.25) is 9.78 Å². The molecule has 1 amide bonds. The van der Waals surface area contributed by atoms with Gasteiger partial charge in [-0.15, -0.1) is 0 Å². The number of furan rings is 1. The minimum Gasteiger partial charge on any atom is -0.495 e. The maximum absolute atomic E-state index is 11.8. The summed E-state index contributed by atoms with van der Waals surface area (Å²) in [5.41, 5.74) is 4.00. The lowest BCUT2D eigenvalue weighted by Gasteiger charge is -2.27. The van der Waals surface area contributed by atoms with Crippen molar-refractivity contribution in [3.63, 3.8) is 0 Å². The Hall–Kier alpha value is -3.88. The quantitative estimate of drug-likeness (QED) is 0.276. The maximum atomic E-state index is 11.8. The molecule has 9 heteroatoms. The summed E-state index contributed by atoms with van der Waals surface area (Å²) in [6, 6.07) is 20.3. The second kappa shape index (κ2) is 10.2. The average Bonchev–Trinajstić information content (AvgIpc) is 3.50. The van der Waals surface area contributed by atoms with Crippen molar-refractivity contribution in [2.24, 2.45) is 0 Å². The van der Waals surface area contributed by atoms with Gasteiger partial charge in [0.25, 0.3) is 0 Å². The highest BCUT2D eigenvalue weighted by atomic mass is 35.5. The Morgan fingerprint density at radius 3 is 2.73 bits per heavy atom. The number of anilines is 2. The minimum absolute atomic E-state index is 0.201. The number of aromatic nitrogens is 1. The van der Waals surface area contributed by atoms with Gasteiger partial charge in [0, 0.05) is 29.4 Å². The van der Waals surface area contributed by atoms with E-state index >= 15 is 0 Å². The number of hydrogen-bond acceptors (Lipinski definition) is 5. The standard InChI is InChI=1S/C28H25ClN4O3S/c1-16-19(7-6-8-20(16)29)23-12-13-25(36-23)27-26(21-9-4-5-14-30-21)32-28(37)33(27)18-10-11-24(35-3)22(15-18)31-17(2)34/h4-15,26-27H,1-3H3,(H,31,34)(H,32,37)/t26-,27-/m1/s1. The largest absolute Gasteiger partial charge is 0.495 e. The van der Waals surface area contributed by atoms with E-state index in [1.165, 1.54) is 6.92 Å². The van der Waals surface area contributed by atoms with Crippen molar-refractivity contribution in [1.29, 1.82) is 0 Å². The predicted octanol–water partition coefficient (Wildman–Crippen LogP) is 6.45. The summed E-state index contributed by atoms with van der Waals surface area (Å²) in [6.07, 6.45) is 1.75. The topological polar surface area (TPSA) is 79.6 Å². The number of thiocarbonyl (C=S) groups is 1. The minimum atomic E-state index is -0.353. The van der Waals surface area contributed by atoms with E-state index in [1.807, 2.05) is 72.5 Å². The molecule has 2 atom stereocenters. The van der Waals surface area contributed by atoms with E-state index in [1.54, 1.807) is 19.4 Å². The molecule has 1 aliphatic heterocycles. The Balaban J connectivity index is 1.62. The SMILES string of the molecule is COc1ccc(N2C(=S)N[C@H](c3ccccn3)[C@H]2c2ccc(-c3cccc(Cl)c3C)o2)cc1NC(C)=O. The molecule has 1 saturated heterocycles. The van der Waals surface area contributed by atoms with Crippen molar-refractivity contribution < 1.29 is 13.9 Å². The molecule has 1 fully saturated rings. The van der Waals surface area contributed by atoms with Gasteiger partial charge in [-0.05, 0) is 73.2 Å². The molecule has 2 N–H and O–H groups in total. The van der Waals surface area contributed by atoms with Crippen LogP contribution in [0.25, 0.3) is 11.3 Å². The summed E-state index contributed by atoms with van der Waals surface area (Å²) in [4.78, 5) is 18.4. The monoisotopic (exact) mass is 532 g/mol. The number of ether oxygens (including phenoxy) is 1. The van der Waals surface area contributed by atoms with E-state index < -0.39 is 0 Å². The number of amides is 1. The summed E-state index contributed by atoms with van der Waals surface area (Å²) in [7, 11) is 1.56. The lowest BCUT2D eigenvalue weighted by molar-refractivity contribution is -0.114. The summed E-state index contributed by atoms with van der Waals surface area (Å²) in [5.74, 6) is 1.76. The van der Waals surface area contributed by atoms with Crippen molar-refractivity contribution in [3.8, 4) is 17.1 Å². The zero-order chi connectivity index (χ0) is 26.1. The molecule has 0 aliphatic carbocycles. The molecule has 2 aromatic carbocycles. The Labute approximate surface area is 225 Å². The first-order valence-electron chi connectivity index (χ1n) is 11.7. The normalized spacial score (nSPS) is 17.0. The zero-order valence-electron chi connectivity index (χ0n) is 20.5. The predicted molar refractivity (Wildman–Crippen MR) is 149 cm³/mol. The van der Waals surface area contributed by atoms with Crippen LogP contribution >= 0.6 is 23.8 Å². The van der Waals surface area contributed by atoms with Crippen molar-refractivity contribution in [2.75, 3.05) is 17.3 Å². The van der Waals surface area contributed by atoms with Crippen LogP contribution in [0.5, 0.6) is 5.75 Å². The first-order valence-corrected chi connectivity index (χ1v) is 12.5. The number of pyridine rings is 1. The van der Waals surface area contributed by atoms with E-state index in [-0.39, 0.29) is 18.0 Å². The van der Waals surface area contributed by atoms with E-state index in [0.29, 0.717) is 33.1 Å². The fraction of sp³-hybridized carbons (Fsp3) is 0.179. The lowest BCUT2D eigenvalue weighted by atomic mass is 10.0. The second-order valence-electron chi connectivity index (χ2n) is 8.68. The third-order valence-corrected chi connectivity index (χ3v) is 7.05. The molecule has 2 aromatic heterocycles. The zero-order valence-corrected chi connectivity index (χ0v) is 22.1. The Morgan fingerprint density at radius 1 is 1.16 bits per heavy atom. The van der Waals surface area contributed by atoms with Crippen LogP contribution in [-0.4, -0.2) is 23.1 Å². The van der Waals surface area contributed by atoms with Crippen LogP contribution in [0.3, 0.4) is 0 Å². The highest BCUT2D eigenvalue weighted by Gasteiger charge is 2.42. The highest BCUT2D eigenvalue weighted by Crippen LogP contribution is 2.44. The van der Waals surface area contributed by atoms with Gasteiger partial charge < -0.3 is 24.7 Å². The van der Waals surface area contributed by atoms with E-state index in [4.69, 9.17) is 33.0 Å².